The molecule has 1 aromatic carbocycles. The number of amides is 2. The van der Waals surface area contributed by atoms with Crippen LogP contribution in [0.15, 0.2) is 29.6 Å². The van der Waals surface area contributed by atoms with Gasteiger partial charge in [0.15, 0.2) is 0 Å². The first kappa shape index (κ1) is 20.9. The van der Waals surface area contributed by atoms with Gasteiger partial charge in [0.25, 0.3) is 5.91 Å². The Morgan fingerprint density at radius 2 is 2.20 bits per heavy atom. The number of ether oxygens (including phenoxy) is 1. The maximum atomic E-state index is 12.8. The molecule has 9 heteroatoms. The lowest BCUT2D eigenvalue weighted by Crippen LogP contribution is -2.43. The summed E-state index contributed by atoms with van der Waals surface area (Å²) in [4.78, 5) is 32.3. The highest BCUT2D eigenvalue weighted by Crippen LogP contribution is 2.38. The number of nitrogens with zero attached hydrogens (tertiary/aromatic N) is 2. The highest BCUT2D eigenvalue weighted by Gasteiger charge is 2.31. The smallest absolute Gasteiger partial charge is 0.261 e. The number of fused-ring (bicyclic) bond motifs is 1. The second-order valence-corrected chi connectivity index (χ2v) is 9.17. The van der Waals surface area contributed by atoms with Crippen molar-refractivity contribution in [1.82, 2.24) is 15.2 Å². The summed E-state index contributed by atoms with van der Waals surface area (Å²) in [5, 5.41) is 15.6. The quantitative estimate of drug-likeness (QED) is 0.608. The average molecular weight is 446 g/mol. The van der Waals surface area contributed by atoms with Crippen LogP contribution in [0.3, 0.4) is 0 Å². The van der Waals surface area contributed by atoms with E-state index in [2.05, 4.69) is 10.3 Å². The van der Waals surface area contributed by atoms with E-state index < -0.39 is 0 Å². The second kappa shape index (κ2) is 9.22. The molecule has 0 radical (unpaired) electrons. The van der Waals surface area contributed by atoms with Crippen LogP contribution < -0.4 is 5.32 Å². The fraction of sp³-hybridized carbons (Fsp3) is 0.381. The van der Waals surface area contributed by atoms with E-state index in [9.17, 15) is 9.59 Å². The SMILES string of the molecule is Cc1nc(CC(=O)N2CCO[C@H](c3c(C(=O)NCCO)sc4ccccc34)C2)cs1. The summed E-state index contributed by atoms with van der Waals surface area (Å²) in [6, 6.07) is 7.82. The summed E-state index contributed by atoms with van der Waals surface area (Å²) in [7, 11) is 0. The van der Waals surface area contributed by atoms with Crippen LogP contribution in [0, 0.1) is 6.92 Å². The first-order chi connectivity index (χ1) is 14.6. The van der Waals surface area contributed by atoms with Crippen LogP contribution in [0.5, 0.6) is 0 Å². The fourth-order valence-corrected chi connectivity index (χ4v) is 5.39. The van der Waals surface area contributed by atoms with Gasteiger partial charge >= 0.3 is 0 Å². The Balaban J connectivity index is 1.59. The zero-order valence-corrected chi connectivity index (χ0v) is 18.2. The van der Waals surface area contributed by atoms with Gasteiger partial charge in [-0.05, 0) is 18.4 Å². The molecule has 1 aliphatic heterocycles. The van der Waals surface area contributed by atoms with Crippen molar-refractivity contribution in [2.45, 2.75) is 19.4 Å². The highest BCUT2D eigenvalue weighted by atomic mass is 32.1. The van der Waals surface area contributed by atoms with Crippen LogP contribution >= 0.6 is 22.7 Å². The minimum atomic E-state index is -0.383. The van der Waals surface area contributed by atoms with Crippen LogP contribution in [0.25, 0.3) is 10.1 Å². The number of aliphatic hydroxyl groups is 1. The molecule has 2 aromatic heterocycles. The van der Waals surface area contributed by atoms with E-state index in [-0.39, 0.29) is 37.5 Å². The maximum Gasteiger partial charge on any atom is 0.261 e. The van der Waals surface area contributed by atoms with Gasteiger partial charge in [0, 0.05) is 28.7 Å². The van der Waals surface area contributed by atoms with Crippen molar-refractivity contribution in [1.29, 1.82) is 0 Å². The Labute approximate surface area is 182 Å². The predicted molar refractivity (Wildman–Crippen MR) is 117 cm³/mol. The van der Waals surface area contributed by atoms with Crippen LogP contribution in [-0.2, 0) is 16.0 Å². The lowest BCUT2D eigenvalue weighted by atomic mass is 10.0. The van der Waals surface area contributed by atoms with E-state index in [1.807, 2.05) is 36.6 Å². The molecule has 30 heavy (non-hydrogen) atoms. The third-order valence-corrected chi connectivity index (χ3v) is 6.99. The van der Waals surface area contributed by atoms with Gasteiger partial charge in [0.05, 0.1) is 41.8 Å². The number of aliphatic hydroxyl groups excluding tert-OH is 1. The Bertz CT molecular complexity index is 1060. The van der Waals surface area contributed by atoms with E-state index in [0.29, 0.717) is 24.6 Å². The minimum absolute atomic E-state index is 0.0133. The van der Waals surface area contributed by atoms with Gasteiger partial charge in [-0.1, -0.05) is 18.2 Å². The molecule has 1 atom stereocenters. The molecule has 7 nitrogen and oxygen atoms in total. The number of thiazole rings is 1. The molecule has 158 valence electrons. The number of hydrogen-bond acceptors (Lipinski definition) is 7. The molecule has 0 spiro atoms. The molecule has 2 N–H and O–H groups in total. The summed E-state index contributed by atoms with van der Waals surface area (Å²) < 4.78 is 7.02. The fourth-order valence-electron chi connectivity index (χ4n) is 3.61. The standard InChI is InChI=1S/C21H23N3O4S2/c1-13-23-14(12-29-13)10-18(26)24-7-9-28-16(11-24)19-15-4-2-3-5-17(15)30-20(19)21(27)22-6-8-25/h2-5,12,16,25H,6-11H2,1H3,(H,22,27)/t16-/m0/s1. The van der Waals surface area contributed by atoms with Crippen molar-refractivity contribution >= 4 is 44.6 Å². The van der Waals surface area contributed by atoms with E-state index in [1.54, 1.807) is 4.90 Å². The molecule has 3 heterocycles. The predicted octanol–water partition coefficient (Wildman–Crippen LogP) is 2.53. The Morgan fingerprint density at radius 3 is 2.97 bits per heavy atom. The third kappa shape index (κ3) is 4.39. The van der Waals surface area contributed by atoms with Gasteiger partial charge in [-0.15, -0.1) is 22.7 Å². The molecular weight excluding hydrogens is 422 g/mol. The average Bonchev–Trinajstić information content (AvgIpc) is 3.35. The zero-order chi connectivity index (χ0) is 21.1. The number of hydrogen-bond donors (Lipinski definition) is 2. The van der Waals surface area contributed by atoms with Gasteiger partial charge in [-0.2, -0.15) is 0 Å². The minimum Gasteiger partial charge on any atom is -0.395 e. The van der Waals surface area contributed by atoms with Crippen LogP contribution in [-0.4, -0.2) is 59.7 Å². The van der Waals surface area contributed by atoms with Crippen LogP contribution in [0.1, 0.15) is 32.0 Å². The molecule has 0 saturated carbocycles. The number of benzene rings is 1. The van der Waals surface area contributed by atoms with Gasteiger partial charge in [-0.25, -0.2) is 4.98 Å². The molecule has 0 aliphatic carbocycles. The van der Waals surface area contributed by atoms with Gasteiger partial charge < -0.3 is 20.1 Å². The van der Waals surface area contributed by atoms with Crippen molar-refractivity contribution in [3.05, 3.63) is 50.8 Å². The molecular formula is C21H23N3O4S2. The first-order valence-electron chi connectivity index (χ1n) is 9.77. The zero-order valence-electron chi connectivity index (χ0n) is 16.6. The van der Waals surface area contributed by atoms with Gasteiger partial charge in [0.1, 0.15) is 6.10 Å². The van der Waals surface area contributed by atoms with Crippen molar-refractivity contribution in [2.24, 2.45) is 0 Å². The summed E-state index contributed by atoms with van der Waals surface area (Å²) >= 11 is 2.94. The van der Waals surface area contributed by atoms with E-state index in [4.69, 9.17) is 9.84 Å². The van der Waals surface area contributed by atoms with Crippen molar-refractivity contribution in [3.8, 4) is 0 Å². The number of carbonyl (C=O) groups excluding carboxylic acids is 2. The first-order valence-corrected chi connectivity index (χ1v) is 11.5. The Kier molecular flexibility index (Phi) is 6.43. The number of aryl methyl sites for hydroxylation is 1. The normalized spacial score (nSPS) is 16.7. The molecule has 1 fully saturated rings. The Hall–Kier alpha value is -2.33. The summed E-state index contributed by atoms with van der Waals surface area (Å²) in [6.07, 6.45) is -0.114. The largest absolute Gasteiger partial charge is 0.395 e. The van der Waals surface area contributed by atoms with Gasteiger partial charge in [0.2, 0.25) is 5.91 Å². The molecule has 0 unspecified atom stereocenters. The van der Waals surface area contributed by atoms with E-state index in [0.717, 1.165) is 26.4 Å². The number of carbonyl (C=O) groups is 2. The number of aromatic nitrogens is 1. The monoisotopic (exact) mass is 445 g/mol. The third-order valence-electron chi connectivity index (χ3n) is 4.98. The molecule has 3 aromatic rings. The van der Waals surface area contributed by atoms with Gasteiger partial charge in [-0.3, -0.25) is 9.59 Å². The van der Waals surface area contributed by atoms with Crippen molar-refractivity contribution in [2.75, 3.05) is 32.8 Å². The Morgan fingerprint density at radius 1 is 1.37 bits per heavy atom. The number of nitrogens with one attached hydrogen (secondary N) is 1. The summed E-state index contributed by atoms with van der Waals surface area (Å²) in [5.74, 6) is -0.218. The number of morpholine rings is 1. The molecule has 2 amide bonds. The van der Waals surface area contributed by atoms with Crippen LogP contribution in [0.4, 0.5) is 0 Å². The lowest BCUT2D eigenvalue weighted by molar-refractivity contribution is -0.138. The molecule has 1 aliphatic rings. The summed E-state index contributed by atoms with van der Waals surface area (Å²) in [6.45, 7) is 3.32. The van der Waals surface area contributed by atoms with E-state index >= 15 is 0 Å². The van der Waals surface area contributed by atoms with E-state index in [1.165, 1.54) is 22.7 Å². The molecule has 0 bridgehead atoms. The van der Waals surface area contributed by atoms with Crippen molar-refractivity contribution in [3.63, 3.8) is 0 Å². The highest BCUT2D eigenvalue weighted by molar-refractivity contribution is 7.21. The maximum absolute atomic E-state index is 12.8. The second-order valence-electron chi connectivity index (χ2n) is 7.05. The topological polar surface area (TPSA) is 91.8 Å². The van der Waals surface area contributed by atoms with Crippen LogP contribution in [0.2, 0.25) is 0 Å². The van der Waals surface area contributed by atoms with Crippen molar-refractivity contribution < 1.29 is 19.4 Å². The summed E-state index contributed by atoms with van der Waals surface area (Å²) in [5.41, 5.74) is 1.60. The lowest BCUT2D eigenvalue weighted by Gasteiger charge is -2.33. The number of rotatable bonds is 6. The number of thiophene rings is 1. The molecule has 1 saturated heterocycles. The molecule has 4 rings (SSSR count).